The molecule has 2 heterocycles. The number of rotatable bonds is 5. The van der Waals surface area contributed by atoms with Crippen molar-refractivity contribution in [3.8, 4) is 16.3 Å². The van der Waals surface area contributed by atoms with Crippen molar-refractivity contribution in [2.45, 2.75) is 13.3 Å². The zero-order valence-corrected chi connectivity index (χ0v) is 13.1. The zero-order valence-electron chi connectivity index (χ0n) is 12.3. The van der Waals surface area contributed by atoms with Gasteiger partial charge in [0, 0.05) is 18.4 Å². The number of amides is 1. The lowest BCUT2D eigenvalue weighted by molar-refractivity contribution is -0.120. The van der Waals surface area contributed by atoms with Gasteiger partial charge in [-0.05, 0) is 36.1 Å². The van der Waals surface area contributed by atoms with Gasteiger partial charge >= 0.3 is 0 Å². The number of nitrogens with zero attached hydrogens (tertiary/aromatic N) is 2. The van der Waals surface area contributed by atoms with Gasteiger partial charge in [0.25, 0.3) is 0 Å². The first-order valence-electron chi connectivity index (χ1n) is 7.20. The van der Waals surface area contributed by atoms with E-state index < -0.39 is 0 Å². The van der Waals surface area contributed by atoms with E-state index in [2.05, 4.69) is 16.4 Å². The Morgan fingerprint density at radius 3 is 2.77 bits per heavy atom. The zero-order chi connectivity index (χ0) is 15.4. The molecule has 1 amide bonds. The summed E-state index contributed by atoms with van der Waals surface area (Å²) < 4.78 is 1.99. The molecule has 0 bridgehead atoms. The second-order valence-electron chi connectivity index (χ2n) is 4.94. The average molecular weight is 311 g/mol. The molecule has 0 aliphatic heterocycles. The Bertz CT molecular complexity index is 745. The normalized spacial score (nSPS) is 10.6. The molecule has 0 radical (unpaired) electrons. The molecule has 2 aromatic heterocycles. The van der Waals surface area contributed by atoms with Gasteiger partial charge in [-0.3, -0.25) is 4.79 Å². The highest BCUT2D eigenvalue weighted by molar-refractivity contribution is 7.13. The molecule has 0 saturated carbocycles. The summed E-state index contributed by atoms with van der Waals surface area (Å²) in [5, 5.41) is 4.85. The molecule has 112 valence electrons. The summed E-state index contributed by atoms with van der Waals surface area (Å²) in [5.74, 6) is 0.0536. The summed E-state index contributed by atoms with van der Waals surface area (Å²) >= 11 is 1.68. The smallest absolute Gasteiger partial charge is 0.224 e. The largest absolute Gasteiger partial charge is 0.356 e. The van der Waals surface area contributed by atoms with E-state index in [4.69, 9.17) is 0 Å². The van der Waals surface area contributed by atoms with Crippen molar-refractivity contribution in [1.29, 1.82) is 0 Å². The Morgan fingerprint density at radius 1 is 1.27 bits per heavy atom. The first kappa shape index (κ1) is 14.5. The summed E-state index contributed by atoms with van der Waals surface area (Å²) in [6.45, 7) is 2.59. The summed E-state index contributed by atoms with van der Waals surface area (Å²) in [5.41, 5.74) is 3.02. The highest BCUT2D eigenvalue weighted by Crippen LogP contribution is 2.23. The van der Waals surface area contributed by atoms with E-state index in [1.54, 1.807) is 11.3 Å². The number of benzene rings is 1. The summed E-state index contributed by atoms with van der Waals surface area (Å²) in [6, 6.07) is 12.1. The minimum atomic E-state index is 0.0536. The first-order valence-corrected chi connectivity index (χ1v) is 8.08. The van der Waals surface area contributed by atoms with E-state index in [0.717, 1.165) is 21.8 Å². The van der Waals surface area contributed by atoms with Gasteiger partial charge in [0.05, 0.1) is 23.3 Å². The molecule has 0 saturated heterocycles. The number of hydrogen-bond acceptors (Lipinski definition) is 3. The predicted molar refractivity (Wildman–Crippen MR) is 89.3 cm³/mol. The van der Waals surface area contributed by atoms with Crippen molar-refractivity contribution >= 4 is 17.2 Å². The van der Waals surface area contributed by atoms with E-state index in [1.807, 2.05) is 59.7 Å². The number of carbonyl (C=O) groups is 1. The molecule has 0 aliphatic carbocycles. The van der Waals surface area contributed by atoms with Gasteiger partial charge in [0.1, 0.15) is 0 Å². The van der Waals surface area contributed by atoms with Gasteiger partial charge in [-0.15, -0.1) is 11.3 Å². The fourth-order valence-electron chi connectivity index (χ4n) is 2.25. The van der Waals surface area contributed by atoms with Crippen LogP contribution in [0.4, 0.5) is 0 Å². The van der Waals surface area contributed by atoms with Crippen LogP contribution in [-0.2, 0) is 11.2 Å². The minimum absolute atomic E-state index is 0.0536. The van der Waals surface area contributed by atoms with Crippen LogP contribution in [-0.4, -0.2) is 22.0 Å². The topological polar surface area (TPSA) is 46.9 Å². The van der Waals surface area contributed by atoms with Crippen molar-refractivity contribution in [1.82, 2.24) is 14.9 Å². The highest BCUT2D eigenvalue weighted by Gasteiger charge is 2.05. The number of nitrogens with one attached hydrogen (secondary N) is 1. The van der Waals surface area contributed by atoms with E-state index in [0.29, 0.717) is 13.0 Å². The number of hydrogen-bond donors (Lipinski definition) is 1. The molecule has 5 heteroatoms. The van der Waals surface area contributed by atoms with E-state index >= 15 is 0 Å². The number of imidazole rings is 1. The molecule has 0 unspecified atom stereocenters. The standard InChI is InChI=1S/C17H17N3OS/c1-2-18-17(21)10-13-5-7-14(8-6-13)20-11-15(19-12-20)16-4-3-9-22-16/h3-9,11-12H,2,10H2,1H3,(H,18,21). The van der Waals surface area contributed by atoms with Crippen molar-refractivity contribution < 1.29 is 4.79 Å². The Morgan fingerprint density at radius 2 is 2.09 bits per heavy atom. The van der Waals surface area contributed by atoms with Gasteiger partial charge in [-0.2, -0.15) is 0 Å². The lowest BCUT2D eigenvalue weighted by Crippen LogP contribution is -2.24. The summed E-state index contributed by atoms with van der Waals surface area (Å²) in [6.07, 6.45) is 4.25. The molecular formula is C17H17N3OS. The minimum Gasteiger partial charge on any atom is -0.356 e. The van der Waals surface area contributed by atoms with Crippen LogP contribution in [0.3, 0.4) is 0 Å². The average Bonchev–Trinajstić information content (AvgIpc) is 3.19. The fourth-order valence-corrected chi connectivity index (χ4v) is 2.93. The van der Waals surface area contributed by atoms with Gasteiger partial charge in [0.2, 0.25) is 5.91 Å². The van der Waals surface area contributed by atoms with Crippen LogP contribution in [0.5, 0.6) is 0 Å². The van der Waals surface area contributed by atoms with Crippen LogP contribution in [0.2, 0.25) is 0 Å². The van der Waals surface area contributed by atoms with Gasteiger partial charge < -0.3 is 9.88 Å². The maximum atomic E-state index is 11.6. The Labute approximate surface area is 133 Å². The van der Waals surface area contributed by atoms with Gasteiger partial charge in [-0.25, -0.2) is 4.98 Å². The van der Waals surface area contributed by atoms with E-state index in [1.165, 1.54) is 0 Å². The molecule has 3 aromatic rings. The lowest BCUT2D eigenvalue weighted by atomic mass is 10.1. The van der Waals surface area contributed by atoms with Gasteiger partial charge in [0.15, 0.2) is 0 Å². The molecule has 0 spiro atoms. The molecule has 0 atom stereocenters. The van der Waals surface area contributed by atoms with E-state index in [-0.39, 0.29) is 5.91 Å². The maximum Gasteiger partial charge on any atom is 0.224 e. The van der Waals surface area contributed by atoms with E-state index in [9.17, 15) is 4.79 Å². The van der Waals surface area contributed by atoms with Crippen molar-refractivity contribution in [2.24, 2.45) is 0 Å². The molecule has 3 rings (SSSR count). The van der Waals surface area contributed by atoms with Crippen molar-refractivity contribution in [3.63, 3.8) is 0 Å². The Kier molecular flexibility index (Phi) is 4.34. The number of likely N-dealkylation sites (N-methyl/N-ethyl adjacent to an activating group) is 1. The quantitative estimate of drug-likeness (QED) is 0.786. The molecular weight excluding hydrogens is 294 g/mol. The van der Waals surface area contributed by atoms with Crippen LogP contribution >= 0.6 is 11.3 Å². The Balaban J connectivity index is 1.74. The molecule has 22 heavy (non-hydrogen) atoms. The summed E-state index contributed by atoms with van der Waals surface area (Å²) in [7, 11) is 0. The molecule has 4 nitrogen and oxygen atoms in total. The maximum absolute atomic E-state index is 11.6. The van der Waals surface area contributed by atoms with Crippen LogP contribution in [0.1, 0.15) is 12.5 Å². The van der Waals surface area contributed by atoms with Crippen LogP contribution in [0.25, 0.3) is 16.3 Å². The molecule has 1 N–H and O–H groups in total. The van der Waals surface area contributed by atoms with Crippen LogP contribution in [0, 0.1) is 0 Å². The fraction of sp³-hybridized carbons (Fsp3) is 0.176. The molecule has 1 aromatic carbocycles. The first-order chi connectivity index (χ1) is 10.8. The highest BCUT2D eigenvalue weighted by atomic mass is 32.1. The molecule has 0 aliphatic rings. The summed E-state index contributed by atoms with van der Waals surface area (Å²) in [4.78, 5) is 17.2. The third-order valence-electron chi connectivity index (χ3n) is 3.33. The number of aromatic nitrogens is 2. The predicted octanol–water partition coefficient (Wildman–Crippen LogP) is 3.28. The van der Waals surface area contributed by atoms with Crippen LogP contribution in [0.15, 0.2) is 54.3 Å². The van der Waals surface area contributed by atoms with Gasteiger partial charge in [-0.1, -0.05) is 18.2 Å². The number of carbonyl (C=O) groups excluding carboxylic acids is 1. The third-order valence-corrected chi connectivity index (χ3v) is 4.22. The third kappa shape index (κ3) is 3.26. The van der Waals surface area contributed by atoms with Crippen molar-refractivity contribution in [2.75, 3.05) is 6.54 Å². The van der Waals surface area contributed by atoms with Crippen molar-refractivity contribution in [3.05, 3.63) is 59.9 Å². The second-order valence-corrected chi connectivity index (χ2v) is 5.89. The second kappa shape index (κ2) is 6.58. The van der Waals surface area contributed by atoms with Crippen LogP contribution < -0.4 is 5.32 Å². The monoisotopic (exact) mass is 311 g/mol. The Hall–Kier alpha value is -2.40. The lowest BCUT2D eigenvalue weighted by Gasteiger charge is -2.05. The number of thiophene rings is 1. The SMILES string of the molecule is CCNC(=O)Cc1ccc(-n2cnc(-c3cccs3)c2)cc1. The molecule has 0 fully saturated rings.